The molecule has 0 radical (unpaired) electrons. The lowest BCUT2D eigenvalue weighted by Crippen LogP contribution is -2.22. The highest BCUT2D eigenvalue weighted by atomic mass is 19.1. The molecule has 0 amide bonds. The maximum Gasteiger partial charge on any atom is 0.167 e. The molecule has 112 valence electrons. The van der Waals surface area contributed by atoms with Crippen LogP contribution in [0.4, 0.5) is 4.39 Å². The van der Waals surface area contributed by atoms with Crippen LogP contribution in [0.3, 0.4) is 0 Å². The highest BCUT2D eigenvalue weighted by Crippen LogP contribution is 2.30. The second kappa shape index (κ2) is 7.23. The van der Waals surface area contributed by atoms with E-state index < -0.39 is 0 Å². The normalized spacial score (nSPS) is 10.9. The number of benzene rings is 2. The summed E-state index contributed by atoms with van der Waals surface area (Å²) < 4.78 is 20.0. The summed E-state index contributed by atoms with van der Waals surface area (Å²) in [6, 6.07) is 13.1. The van der Waals surface area contributed by atoms with Crippen LogP contribution in [0.25, 0.3) is 0 Å². The van der Waals surface area contributed by atoms with Gasteiger partial charge in [-0.2, -0.15) is 0 Å². The predicted molar refractivity (Wildman–Crippen MR) is 84.3 cm³/mol. The fourth-order valence-electron chi connectivity index (χ4n) is 2.13. The van der Waals surface area contributed by atoms with Crippen LogP contribution in [0.5, 0.6) is 11.5 Å². The summed E-state index contributed by atoms with van der Waals surface area (Å²) in [5, 5.41) is 3.30. The van der Waals surface area contributed by atoms with Crippen LogP contribution in [0.2, 0.25) is 0 Å². The minimum absolute atomic E-state index is 0.312. The summed E-state index contributed by atoms with van der Waals surface area (Å²) >= 11 is 0. The fraction of sp³-hybridized carbons (Fsp3) is 0.333. The number of ether oxygens (including phenoxy) is 1. The molecule has 0 atom stereocenters. The standard InChI is InChI=1S/C18H22FNO/c1-4-14-8-5-6-11-17(14)21-18-15(12-20-13(2)3)9-7-10-16(18)19/h5-11,13,20H,4,12H2,1-3H3. The Morgan fingerprint density at radius 3 is 2.48 bits per heavy atom. The van der Waals surface area contributed by atoms with Gasteiger partial charge in [-0.25, -0.2) is 4.39 Å². The molecule has 0 saturated carbocycles. The first kappa shape index (κ1) is 15.5. The van der Waals surface area contributed by atoms with Crippen molar-refractivity contribution < 1.29 is 9.13 Å². The summed E-state index contributed by atoms with van der Waals surface area (Å²) in [7, 11) is 0. The quantitative estimate of drug-likeness (QED) is 0.833. The molecule has 0 saturated heterocycles. The van der Waals surface area contributed by atoms with E-state index in [0.29, 0.717) is 18.3 Å². The largest absolute Gasteiger partial charge is 0.454 e. The van der Waals surface area contributed by atoms with Crippen molar-refractivity contribution in [3.05, 3.63) is 59.4 Å². The van der Waals surface area contributed by atoms with Crippen molar-refractivity contribution >= 4 is 0 Å². The Labute approximate surface area is 126 Å². The van der Waals surface area contributed by atoms with Crippen molar-refractivity contribution in [2.24, 2.45) is 0 Å². The Hall–Kier alpha value is -1.87. The Balaban J connectivity index is 2.30. The number of aryl methyl sites for hydroxylation is 1. The van der Waals surface area contributed by atoms with E-state index in [0.717, 1.165) is 23.3 Å². The number of hydrogen-bond donors (Lipinski definition) is 1. The lowest BCUT2D eigenvalue weighted by Gasteiger charge is -2.15. The highest BCUT2D eigenvalue weighted by Gasteiger charge is 2.12. The third-order valence-corrected chi connectivity index (χ3v) is 3.31. The van der Waals surface area contributed by atoms with E-state index in [-0.39, 0.29) is 5.82 Å². The lowest BCUT2D eigenvalue weighted by molar-refractivity contribution is 0.428. The van der Waals surface area contributed by atoms with E-state index in [1.54, 1.807) is 6.07 Å². The van der Waals surface area contributed by atoms with Crippen LogP contribution in [0, 0.1) is 5.82 Å². The average molecular weight is 287 g/mol. The van der Waals surface area contributed by atoms with E-state index in [4.69, 9.17) is 4.74 Å². The molecule has 2 aromatic carbocycles. The molecule has 21 heavy (non-hydrogen) atoms. The number of para-hydroxylation sites is 2. The van der Waals surface area contributed by atoms with Gasteiger partial charge in [0.15, 0.2) is 11.6 Å². The van der Waals surface area contributed by atoms with Crippen molar-refractivity contribution in [1.82, 2.24) is 5.32 Å². The van der Waals surface area contributed by atoms with Gasteiger partial charge in [0.1, 0.15) is 5.75 Å². The first-order valence-electron chi connectivity index (χ1n) is 7.38. The molecule has 0 aromatic heterocycles. The van der Waals surface area contributed by atoms with Crippen LogP contribution in [0.1, 0.15) is 31.9 Å². The molecule has 2 aromatic rings. The molecule has 0 aliphatic rings. The highest BCUT2D eigenvalue weighted by molar-refractivity contribution is 5.42. The topological polar surface area (TPSA) is 21.3 Å². The zero-order valence-corrected chi connectivity index (χ0v) is 12.8. The second-order valence-corrected chi connectivity index (χ2v) is 5.33. The summed E-state index contributed by atoms with van der Waals surface area (Å²) in [4.78, 5) is 0. The molecule has 0 aliphatic heterocycles. The first-order valence-corrected chi connectivity index (χ1v) is 7.38. The van der Waals surface area contributed by atoms with Gasteiger partial charge in [0.05, 0.1) is 0 Å². The SMILES string of the molecule is CCc1ccccc1Oc1c(F)cccc1CNC(C)C. The number of hydrogen-bond acceptors (Lipinski definition) is 2. The van der Waals surface area contributed by atoms with Gasteiger partial charge in [0.2, 0.25) is 0 Å². The number of nitrogens with one attached hydrogen (secondary N) is 1. The van der Waals surface area contributed by atoms with Gasteiger partial charge < -0.3 is 10.1 Å². The Bertz CT molecular complexity index is 596. The molecule has 2 nitrogen and oxygen atoms in total. The zero-order valence-electron chi connectivity index (χ0n) is 12.8. The average Bonchev–Trinajstić information content (AvgIpc) is 2.48. The van der Waals surface area contributed by atoms with Crippen molar-refractivity contribution in [1.29, 1.82) is 0 Å². The lowest BCUT2D eigenvalue weighted by atomic mass is 10.1. The van der Waals surface area contributed by atoms with Gasteiger partial charge in [-0.3, -0.25) is 0 Å². The molecule has 0 fully saturated rings. The van der Waals surface area contributed by atoms with E-state index in [2.05, 4.69) is 26.1 Å². The molecule has 0 heterocycles. The third kappa shape index (κ3) is 4.05. The smallest absolute Gasteiger partial charge is 0.167 e. The predicted octanol–water partition coefficient (Wildman–Crippen LogP) is 4.68. The summed E-state index contributed by atoms with van der Waals surface area (Å²) in [5.74, 6) is 0.700. The van der Waals surface area contributed by atoms with Crippen molar-refractivity contribution in [3.8, 4) is 11.5 Å². The van der Waals surface area contributed by atoms with Gasteiger partial charge in [-0.15, -0.1) is 0 Å². The Morgan fingerprint density at radius 1 is 1.05 bits per heavy atom. The molecule has 3 heteroatoms. The molecular formula is C18H22FNO. The maximum atomic E-state index is 14.1. The molecule has 0 unspecified atom stereocenters. The van der Waals surface area contributed by atoms with Crippen LogP contribution in [0.15, 0.2) is 42.5 Å². The summed E-state index contributed by atoms with van der Waals surface area (Å²) in [6.45, 7) is 6.77. The van der Waals surface area contributed by atoms with E-state index >= 15 is 0 Å². The third-order valence-electron chi connectivity index (χ3n) is 3.31. The second-order valence-electron chi connectivity index (χ2n) is 5.33. The monoisotopic (exact) mass is 287 g/mol. The van der Waals surface area contributed by atoms with Crippen molar-refractivity contribution in [2.75, 3.05) is 0 Å². The minimum Gasteiger partial charge on any atom is -0.454 e. The van der Waals surface area contributed by atoms with Gasteiger partial charge >= 0.3 is 0 Å². The summed E-state index contributed by atoms with van der Waals surface area (Å²) in [6.07, 6.45) is 0.851. The number of halogens is 1. The van der Waals surface area contributed by atoms with Gasteiger partial charge in [-0.05, 0) is 24.1 Å². The van der Waals surface area contributed by atoms with Crippen LogP contribution in [-0.2, 0) is 13.0 Å². The molecule has 1 N–H and O–H groups in total. The van der Waals surface area contributed by atoms with Gasteiger partial charge in [0, 0.05) is 18.2 Å². The Kier molecular flexibility index (Phi) is 5.34. The van der Waals surface area contributed by atoms with Gasteiger partial charge in [0.25, 0.3) is 0 Å². The Morgan fingerprint density at radius 2 is 1.76 bits per heavy atom. The molecule has 0 spiro atoms. The summed E-state index contributed by atoms with van der Waals surface area (Å²) in [5.41, 5.74) is 1.90. The van der Waals surface area contributed by atoms with Crippen LogP contribution < -0.4 is 10.1 Å². The first-order chi connectivity index (χ1) is 10.1. The van der Waals surface area contributed by atoms with E-state index in [1.165, 1.54) is 6.07 Å². The zero-order chi connectivity index (χ0) is 15.2. The van der Waals surface area contributed by atoms with Crippen LogP contribution >= 0.6 is 0 Å². The molecule has 0 bridgehead atoms. The van der Waals surface area contributed by atoms with Crippen molar-refractivity contribution in [3.63, 3.8) is 0 Å². The van der Waals surface area contributed by atoms with E-state index in [9.17, 15) is 4.39 Å². The minimum atomic E-state index is -0.330. The van der Waals surface area contributed by atoms with E-state index in [1.807, 2.05) is 30.3 Å². The molecule has 2 rings (SSSR count). The van der Waals surface area contributed by atoms with Crippen LogP contribution in [-0.4, -0.2) is 6.04 Å². The molecule has 0 aliphatic carbocycles. The number of rotatable bonds is 6. The maximum absolute atomic E-state index is 14.1. The molecular weight excluding hydrogens is 265 g/mol. The van der Waals surface area contributed by atoms with Crippen molar-refractivity contribution in [2.45, 2.75) is 39.8 Å². The van der Waals surface area contributed by atoms with Gasteiger partial charge in [-0.1, -0.05) is 51.1 Å². The fourth-order valence-corrected chi connectivity index (χ4v) is 2.13.